The average Bonchev–Trinajstić information content (AvgIpc) is 2.36. The Labute approximate surface area is 117 Å². The van der Waals surface area contributed by atoms with E-state index >= 15 is 0 Å². The van der Waals surface area contributed by atoms with Crippen molar-refractivity contribution in [1.29, 1.82) is 0 Å². The van der Waals surface area contributed by atoms with Crippen LogP contribution in [0.4, 0.5) is 0 Å². The van der Waals surface area contributed by atoms with Crippen LogP contribution in [0, 0.1) is 5.92 Å². The molecular weight excluding hydrogens is 234 g/mol. The van der Waals surface area contributed by atoms with Crippen LogP contribution < -0.4 is 10.1 Å². The highest BCUT2D eigenvalue weighted by Crippen LogP contribution is 2.16. The molecule has 0 unspecified atom stereocenters. The SMILES string of the molecule is CCCOc1cccc(C=C(C)CNCC(C)C)c1. The van der Waals surface area contributed by atoms with E-state index in [9.17, 15) is 0 Å². The van der Waals surface area contributed by atoms with Crippen LogP contribution in [0.3, 0.4) is 0 Å². The number of hydrogen-bond acceptors (Lipinski definition) is 2. The van der Waals surface area contributed by atoms with E-state index in [0.717, 1.165) is 31.9 Å². The minimum Gasteiger partial charge on any atom is -0.494 e. The smallest absolute Gasteiger partial charge is 0.119 e. The molecule has 0 atom stereocenters. The third-order valence-electron chi connectivity index (χ3n) is 2.70. The number of ether oxygens (including phenoxy) is 1. The van der Waals surface area contributed by atoms with Crippen LogP contribution in [0.1, 0.15) is 39.7 Å². The lowest BCUT2D eigenvalue weighted by molar-refractivity contribution is 0.317. The first kappa shape index (κ1) is 15.8. The topological polar surface area (TPSA) is 21.3 Å². The van der Waals surface area contributed by atoms with Gasteiger partial charge in [-0.05, 0) is 43.5 Å². The van der Waals surface area contributed by atoms with Crippen LogP contribution in [-0.2, 0) is 0 Å². The van der Waals surface area contributed by atoms with Gasteiger partial charge in [0.15, 0.2) is 0 Å². The highest BCUT2D eigenvalue weighted by atomic mass is 16.5. The fourth-order valence-corrected chi connectivity index (χ4v) is 1.81. The van der Waals surface area contributed by atoms with Crippen molar-refractivity contribution in [2.75, 3.05) is 19.7 Å². The molecule has 19 heavy (non-hydrogen) atoms. The maximum atomic E-state index is 5.65. The van der Waals surface area contributed by atoms with Gasteiger partial charge in [0, 0.05) is 6.54 Å². The Bertz CT molecular complexity index is 396. The first-order valence-corrected chi connectivity index (χ1v) is 7.22. The van der Waals surface area contributed by atoms with Crippen LogP contribution >= 0.6 is 0 Å². The van der Waals surface area contributed by atoms with Gasteiger partial charge in [-0.3, -0.25) is 0 Å². The third kappa shape index (κ3) is 7.02. The van der Waals surface area contributed by atoms with E-state index in [4.69, 9.17) is 4.74 Å². The molecule has 2 nitrogen and oxygen atoms in total. The fourth-order valence-electron chi connectivity index (χ4n) is 1.81. The van der Waals surface area contributed by atoms with Crippen LogP contribution in [-0.4, -0.2) is 19.7 Å². The van der Waals surface area contributed by atoms with Crippen molar-refractivity contribution in [2.24, 2.45) is 5.92 Å². The standard InChI is InChI=1S/C17H27NO/c1-5-9-19-17-8-6-7-16(11-17)10-15(4)13-18-12-14(2)3/h6-8,10-11,14,18H,5,9,12-13H2,1-4H3. The highest BCUT2D eigenvalue weighted by Gasteiger charge is 1.97. The van der Waals surface area contributed by atoms with E-state index in [1.165, 1.54) is 11.1 Å². The van der Waals surface area contributed by atoms with Gasteiger partial charge in [-0.25, -0.2) is 0 Å². The molecule has 0 aliphatic heterocycles. The zero-order valence-electron chi connectivity index (χ0n) is 12.7. The molecule has 0 aliphatic carbocycles. The van der Waals surface area contributed by atoms with E-state index in [1.807, 2.05) is 12.1 Å². The van der Waals surface area contributed by atoms with Crippen molar-refractivity contribution in [1.82, 2.24) is 5.32 Å². The molecule has 0 spiro atoms. The van der Waals surface area contributed by atoms with Gasteiger partial charge in [0.2, 0.25) is 0 Å². The predicted molar refractivity (Wildman–Crippen MR) is 83.6 cm³/mol. The third-order valence-corrected chi connectivity index (χ3v) is 2.70. The molecule has 0 saturated heterocycles. The maximum Gasteiger partial charge on any atom is 0.119 e. The van der Waals surface area contributed by atoms with E-state index < -0.39 is 0 Å². The van der Waals surface area contributed by atoms with Gasteiger partial charge in [0.25, 0.3) is 0 Å². The Morgan fingerprint density at radius 3 is 2.84 bits per heavy atom. The summed E-state index contributed by atoms with van der Waals surface area (Å²) in [6, 6.07) is 8.28. The Hall–Kier alpha value is -1.28. The second kappa shape index (κ2) is 8.76. The Kier molecular flexibility index (Phi) is 7.27. The van der Waals surface area contributed by atoms with Gasteiger partial charge in [-0.15, -0.1) is 0 Å². The molecule has 0 radical (unpaired) electrons. The minimum absolute atomic E-state index is 0.693. The van der Waals surface area contributed by atoms with Gasteiger partial charge in [0.1, 0.15) is 5.75 Å². The van der Waals surface area contributed by atoms with Crippen molar-refractivity contribution in [3.05, 3.63) is 35.4 Å². The monoisotopic (exact) mass is 261 g/mol. The van der Waals surface area contributed by atoms with Crippen LogP contribution in [0.2, 0.25) is 0 Å². The van der Waals surface area contributed by atoms with Gasteiger partial charge >= 0.3 is 0 Å². The van der Waals surface area contributed by atoms with Crippen molar-refractivity contribution < 1.29 is 4.74 Å². The fraction of sp³-hybridized carbons (Fsp3) is 0.529. The predicted octanol–water partition coefficient (Wildman–Crippen LogP) is 4.12. The molecule has 1 N–H and O–H groups in total. The Morgan fingerprint density at radius 1 is 1.37 bits per heavy atom. The summed E-state index contributed by atoms with van der Waals surface area (Å²) in [5, 5.41) is 3.45. The first-order valence-electron chi connectivity index (χ1n) is 7.22. The number of benzene rings is 1. The number of rotatable bonds is 8. The summed E-state index contributed by atoms with van der Waals surface area (Å²) in [5.74, 6) is 1.65. The van der Waals surface area contributed by atoms with Gasteiger partial charge in [-0.1, -0.05) is 44.6 Å². The zero-order valence-corrected chi connectivity index (χ0v) is 12.7. The molecule has 0 heterocycles. The lowest BCUT2D eigenvalue weighted by Crippen LogP contribution is -2.21. The first-order chi connectivity index (χ1) is 9.11. The molecule has 1 rings (SSSR count). The minimum atomic E-state index is 0.693. The molecule has 0 amide bonds. The van der Waals surface area contributed by atoms with E-state index in [0.29, 0.717) is 5.92 Å². The summed E-state index contributed by atoms with van der Waals surface area (Å²) in [5.41, 5.74) is 2.55. The Morgan fingerprint density at radius 2 is 2.16 bits per heavy atom. The molecule has 2 heteroatoms. The number of nitrogens with one attached hydrogen (secondary N) is 1. The molecule has 106 valence electrons. The average molecular weight is 261 g/mol. The van der Waals surface area contributed by atoms with Crippen molar-refractivity contribution in [2.45, 2.75) is 34.1 Å². The molecule has 0 aromatic heterocycles. The summed E-state index contributed by atoms with van der Waals surface area (Å²) < 4.78 is 5.65. The second-order valence-corrected chi connectivity index (χ2v) is 5.44. The number of hydrogen-bond donors (Lipinski definition) is 1. The summed E-state index contributed by atoms with van der Waals surface area (Å²) in [6.45, 7) is 11.5. The summed E-state index contributed by atoms with van der Waals surface area (Å²) in [6.07, 6.45) is 3.25. The summed E-state index contributed by atoms with van der Waals surface area (Å²) >= 11 is 0. The summed E-state index contributed by atoms with van der Waals surface area (Å²) in [7, 11) is 0. The second-order valence-electron chi connectivity index (χ2n) is 5.44. The molecule has 1 aromatic carbocycles. The van der Waals surface area contributed by atoms with Crippen LogP contribution in [0.5, 0.6) is 5.75 Å². The molecule has 0 fully saturated rings. The van der Waals surface area contributed by atoms with Crippen molar-refractivity contribution in [3.8, 4) is 5.75 Å². The normalized spacial score (nSPS) is 11.9. The van der Waals surface area contributed by atoms with E-state index in [-0.39, 0.29) is 0 Å². The molecular formula is C17H27NO. The van der Waals surface area contributed by atoms with Gasteiger partial charge < -0.3 is 10.1 Å². The quantitative estimate of drug-likeness (QED) is 0.760. The van der Waals surface area contributed by atoms with E-state index in [2.05, 4.69) is 51.2 Å². The zero-order chi connectivity index (χ0) is 14.1. The lowest BCUT2D eigenvalue weighted by Gasteiger charge is -2.08. The van der Waals surface area contributed by atoms with E-state index in [1.54, 1.807) is 0 Å². The highest BCUT2D eigenvalue weighted by molar-refractivity contribution is 5.54. The Balaban J connectivity index is 2.54. The van der Waals surface area contributed by atoms with Crippen LogP contribution in [0.25, 0.3) is 6.08 Å². The lowest BCUT2D eigenvalue weighted by atomic mass is 10.1. The maximum absolute atomic E-state index is 5.65. The van der Waals surface area contributed by atoms with Gasteiger partial charge in [-0.2, -0.15) is 0 Å². The molecule has 1 aromatic rings. The largest absolute Gasteiger partial charge is 0.494 e. The van der Waals surface area contributed by atoms with Crippen LogP contribution in [0.15, 0.2) is 29.8 Å². The van der Waals surface area contributed by atoms with Crippen molar-refractivity contribution >= 4 is 6.08 Å². The molecule has 0 bridgehead atoms. The molecule has 0 saturated carbocycles. The van der Waals surface area contributed by atoms with Crippen molar-refractivity contribution in [3.63, 3.8) is 0 Å². The van der Waals surface area contributed by atoms with Gasteiger partial charge in [0.05, 0.1) is 6.61 Å². The molecule has 0 aliphatic rings. The summed E-state index contributed by atoms with van der Waals surface area (Å²) in [4.78, 5) is 0.